The number of esters is 1. The molecule has 15 heavy (non-hydrogen) atoms. The highest BCUT2D eigenvalue weighted by Crippen LogP contribution is 2.18. The van der Waals surface area contributed by atoms with E-state index in [0.717, 1.165) is 6.08 Å². The Hall–Kier alpha value is -0.693. The first-order valence-electron chi connectivity index (χ1n) is 4.58. The zero-order valence-electron chi connectivity index (χ0n) is 9.61. The minimum absolute atomic E-state index is 0.509. The minimum Gasteiger partial charge on any atom is -0.455 e. The number of rotatable bonds is 7. The highest BCUT2D eigenvalue weighted by Gasteiger charge is 2.49. The molecule has 5 nitrogen and oxygen atoms in total. The van der Waals surface area contributed by atoms with E-state index in [0.29, 0.717) is 6.42 Å². The summed E-state index contributed by atoms with van der Waals surface area (Å²) in [7, 11) is 1.51. The molecule has 0 aliphatic carbocycles. The predicted octanol–water partition coefficient (Wildman–Crippen LogP) is 0.911. The number of ether oxygens (including phenoxy) is 1. The summed E-state index contributed by atoms with van der Waals surface area (Å²) >= 11 is 0. The Morgan fingerprint density at radius 1 is 1.33 bits per heavy atom. The largest absolute Gasteiger partial charge is 0.543 e. The zero-order chi connectivity index (χ0) is 11.9. The maximum Gasteiger partial charge on any atom is 0.543 e. The predicted molar refractivity (Wildman–Crippen MR) is 57.1 cm³/mol. The molecule has 88 valence electrons. The number of carbonyl (C=O) groups excluding carboxylic acids is 1. The Kier molecular flexibility index (Phi) is 6.42. The monoisotopic (exact) mass is 234 g/mol. The molecule has 0 spiro atoms. The highest BCUT2D eigenvalue weighted by atomic mass is 28.4. The molecule has 0 aromatic carbocycles. The van der Waals surface area contributed by atoms with Gasteiger partial charge >= 0.3 is 14.8 Å². The lowest BCUT2D eigenvalue weighted by Crippen LogP contribution is -2.55. The second-order valence-electron chi connectivity index (χ2n) is 2.75. The summed E-state index contributed by atoms with van der Waals surface area (Å²) in [6.45, 7) is 5.19. The summed E-state index contributed by atoms with van der Waals surface area (Å²) in [4.78, 5) is 11.1. The van der Waals surface area contributed by atoms with Crippen molar-refractivity contribution < 1.29 is 22.8 Å². The molecule has 0 N–H and O–H groups in total. The molecule has 0 radical (unpaired) electrons. The average molecular weight is 234 g/mol. The standard InChI is InChI=1S/C9H18O5Si/c1-6-8(10)14-9(7-2)15(11-3,12-4)13-5/h6,9H,1,7H2,2-5H3. The lowest BCUT2D eigenvalue weighted by atomic mass is 10.5. The molecule has 0 fully saturated rings. The van der Waals surface area contributed by atoms with Gasteiger partial charge in [0.15, 0.2) is 5.73 Å². The van der Waals surface area contributed by atoms with Gasteiger partial charge in [-0.15, -0.1) is 0 Å². The summed E-state index contributed by atoms with van der Waals surface area (Å²) in [5, 5.41) is 0. The molecule has 6 heteroatoms. The molecular formula is C9H18O5Si. The van der Waals surface area contributed by atoms with Crippen LogP contribution in [0.2, 0.25) is 0 Å². The molecule has 1 unspecified atom stereocenters. The fraction of sp³-hybridized carbons (Fsp3) is 0.667. The van der Waals surface area contributed by atoms with Gasteiger partial charge in [0.25, 0.3) is 0 Å². The Labute approximate surface area is 91.3 Å². The molecule has 1 atom stereocenters. The Balaban J connectivity index is 4.73. The molecule has 0 aliphatic rings. The molecule has 0 bridgehead atoms. The number of hydrogen-bond acceptors (Lipinski definition) is 5. The van der Waals surface area contributed by atoms with Crippen LogP contribution in [0.1, 0.15) is 13.3 Å². The summed E-state index contributed by atoms with van der Waals surface area (Å²) in [6.07, 6.45) is 1.66. The van der Waals surface area contributed by atoms with Gasteiger partial charge in [-0.3, -0.25) is 0 Å². The lowest BCUT2D eigenvalue weighted by molar-refractivity contribution is -0.142. The molecule has 0 heterocycles. The fourth-order valence-corrected chi connectivity index (χ4v) is 3.29. The van der Waals surface area contributed by atoms with E-state index in [1.807, 2.05) is 6.92 Å². The third kappa shape index (κ3) is 3.42. The molecule has 0 saturated carbocycles. The normalized spacial score (nSPS) is 13.3. The maximum atomic E-state index is 11.1. The first-order chi connectivity index (χ1) is 7.10. The summed E-state index contributed by atoms with van der Waals surface area (Å²) < 4.78 is 20.8. The molecular weight excluding hydrogens is 216 g/mol. The van der Waals surface area contributed by atoms with E-state index in [1.165, 1.54) is 21.3 Å². The van der Waals surface area contributed by atoms with Gasteiger partial charge in [0, 0.05) is 27.4 Å². The van der Waals surface area contributed by atoms with Gasteiger partial charge in [0.1, 0.15) is 0 Å². The van der Waals surface area contributed by atoms with Crippen LogP contribution in [0.3, 0.4) is 0 Å². The summed E-state index contributed by atoms with van der Waals surface area (Å²) in [5.41, 5.74) is -0.511. The quantitative estimate of drug-likeness (QED) is 0.372. The van der Waals surface area contributed by atoms with Crippen LogP contribution in [0, 0.1) is 0 Å². The first-order valence-corrected chi connectivity index (χ1v) is 6.38. The van der Waals surface area contributed by atoms with Gasteiger partial charge < -0.3 is 18.0 Å². The van der Waals surface area contributed by atoms with Crippen LogP contribution in [0.25, 0.3) is 0 Å². The van der Waals surface area contributed by atoms with Crippen LogP contribution in [0.4, 0.5) is 0 Å². The Morgan fingerprint density at radius 3 is 2.07 bits per heavy atom. The van der Waals surface area contributed by atoms with Gasteiger partial charge in [-0.25, -0.2) is 4.79 Å². The number of carbonyl (C=O) groups is 1. The van der Waals surface area contributed by atoms with Crippen molar-refractivity contribution in [2.45, 2.75) is 19.1 Å². The van der Waals surface area contributed by atoms with Crippen molar-refractivity contribution in [2.75, 3.05) is 21.3 Å². The molecule has 0 aromatic rings. The van der Waals surface area contributed by atoms with Gasteiger partial charge in [-0.05, 0) is 6.42 Å². The lowest BCUT2D eigenvalue weighted by Gasteiger charge is -2.30. The van der Waals surface area contributed by atoms with Crippen molar-refractivity contribution in [1.29, 1.82) is 0 Å². The van der Waals surface area contributed by atoms with Crippen LogP contribution >= 0.6 is 0 Å². The van der Waals surface area contributed by atoms with Gasteiger partial charge in [-0.1, -0.05) is 13.5 Å². The fourth-order valence-electron chi connectivity index (χ4n) is 1.24. The van der Waals surface area contributed by atoms with Crippen LogP contribution in [0.5, 0.6) is 0 Å². The van der Waals surface area contributed by atoms with Crippen molar-refractivity contribution in [3.05, 3.63) is 12.7 Å². The third-order valence-electron chi connectivity index (χ3n) is 2.04. The van der Waals surface area contributed by atoms with E-state index < -0.39 is 20.5 Å². The van der Waals surface area contributed by atoms with Gasteiger partial charge in [0.05, 0.1) is 0 Å². The zero-order valence-corrected chi connectivity index (χ0v) is 10.6. The Bertz CT molecular complexity index is 206. The molecule has 0 rings (SSSR count). The molecule has 0 saturated heterocycles. The van der Waals surface area contributed by atoms with Crippen LogP contribution < -0.4 is 0 Å². The van der Waals surface area contributed by atoms with E-state index in [-0.39, 0.29) is 0 Å². The molecule has 0 aliphatic heterocycles. The average Bonchev–Trinajstić information content (AvgIpc) is 2.29. The molecule has 0 aromatic heterocycles. The van der Waals surface area contributed by atoms with Crippen LogP contribution in [-0.4, -0.2) is 41.8 Å². The third-order valence-corrected chi connectivity index (χ3v) is 5.07. The second-order valence-corrected chi connectivity index (χ2v) is 5.83. The van der Waals surface area contributed by atoms with Crippen LogP contribution in [0.15, 0.2) is 12.7 Å². The van der Waals surface area contributed by atoms with Crippen LogP contribution in [-0.2, 0) is 22.8 Å². The first kappa shape index (κ1) is 14.3. The minimum atomic E-state index is -2.92. The summed E-state index contributed by atoms with van der Waals surface area (Å²) in [5.74, 6) is -0.509. The summed E-state index contributed by atoms with van der Waals surface area (Å²) in [6, 6.07) is 0. The molecule has 0 amide bonds. The second kappa shape index (κ2) is 6.73. The van der Waals surface area contributed by atoms with Crippen molar-refractivity contribution in [3.63, 3.8) is 0 Å². The van der Waals surface area contributed by atoms with Gasteiger partial charge in [-0.2, -0.15) is 0 Å². The van der Waals surface area contributed by atoms with E-state index in [4.69, 9.17) is 18.0 Å². The SMILES string of the molecule is C=CC(=O)OC(CC)[Si](OC)(OC)OC. The van der Waals surface area contributed by atoms with E-state index >= 15 is 0 Å². The maximum absolute atomic E-state index is 11.1. The Morgan fingerprint density at radius 2 is 1.80 bits per heavy atom. The van der Waals surface area contributed by atoms with E-state index in [1.54, 1.807) is 0 Å². The van der Waals surface area contributed by atoms with Crippen molar-refractivity contribution in [1.82, 2.24) is 0 Å². The topological polar surface area (TPSA) is 54.0 Å². The van der Waals surface area contributed by atoms with Crippen molar-refractivity contribution in [2.24, 2.45) is 0 Å². The highest BCUT2D eigenvalue weighted by molar-refractivity contribution is 6.62. The number of hydrogen-bond donors (Lipinski definition) is 0. The van der Waals surface area contributed by atoms with E-state index in [9.17, 15) is 4.79 Å². The van der Waals surface area contributed by atoms with E-state index in [2.05, 4.69) is 6.58 Å². The smallest absolute Gasteiger partial charge is 0.455 e. The van der Waals surface area contributed by atoms with Gasteiger partial charge in [0.2, 0.25) is 0 Å². The van der Waals surface area contributed by atoms with Crippen molar-refractivity contribution in [3.8, 4) is 0 Å². The van der Waals surface area contributed by atoms with Crippen molar-refractivity contribution >= 4 is 14.8 Å².